The monoisotopic (exact) mass is 388 g/mol. The summed E-state index contributed by atoms with van der Waals surface area (Å²) in [4.78, 5) is 35.7. The summed E-state index contributed by atoms with van der Waals surface area (Å²) in [5.74, 6) is -0.637. The number of carbonyl (C=O) groups is 3. The Morgan fingerprint density at radius 3 is 2.38 bits per heavy atom. The van der Waals surface area contributed by atoms with Crippen molar-refractivity contribution in [1.29, 1.82) is 0 Å². The van der Waals surface area contributed by atoms with E-state index in [9.17, 15) is 14.4 Å². The van der Waals surface area contributed by atoms with E-state index in [4.69, 9.17) is 20.8 Å². The van der Waals surface area contributed by atoms with Gasteiger partial charge in [-0.05, 0) is 31.2 Å². The van der Waals surface area contributed by atoms with Crippen LogP contribution < -0.4 is 0 Å². The Hall–Kier alpha value is -2.70. The summed E-state index contributed by atoms with van der Waals surface area (Å²) in [6.07, 6.45) is 0. The normalized spacial score (nSPS) is 10.5. The van der Waals surface area contributed by atoms with Gasteiger partial charge in [0.2, 0.25) is 11.5 Å². The van der Waals surface area contributed by atoms with E-state index in [2.05, 4.69) is 0 Å². The third-order valence-electron chi connectivity index (χ3n) is 3.57. The average Bonchev–Trinajstić information content (AvgIpc) is 3.29. The maximum atomic E-state index is 12.0. The van der Waals surface area contributed by atoms with Crippen LogP contribution in [-0.2, 0) is 4.74 Å². The largest absolute Gasteiger partial charge is 0.451 e. The SMILES string of the molecule is CC(=O)c1ccc(-c2ccc(C(=O)OCC(=O)c3ccc(Cl)s3)o2)cc1. The third-order valence-corrected chi connectivity index (χ3v) is 4.84. The van der Waals surface area contributed by atoms with Crippen LogP contribution >= 0.6 is 22.9 Å². The molecule has 0 saturated carbocycles. The predicted molar refractivity (Wildman–Crippen MR) is 98.1 cm³/mol. The van der Waals surface area contributed by atoms with Crippen LogP contribution in [0.5, 0.6) is 0 Å². The van der Waals surface area contributed by atoms with Crippen LogP contribution in [0.15, 0.2) is 52.9 Å². The summed E-state index contributed by atoms with van der Waals surface area (Å²) in [5, 5.41) is 0. The van der Waals surface area contributed by atoms with Crippen LogP contribution in [0.3, 0.4) is 0 Å². The van der Waals surface area contributed by atoms with Gasteiger partial charge >= 0.3 is 5.97 Å². The van der Waals surface area contributed by atoms with Crippen molar-refractivity contribution in [2.24, 2.45) is 0 Å². The lowest BCUT2D eigenvalue weighted by atomic mass is 10.1. The Labute approximate surface area is 158 Å². The molecule has 3 rings (SSSR count). The Kier molecular flexibility index (Phi) is 5.35. The number of hydrogen-bond acceptors (Lipinski definition) is 6. The highest BCUT2D eigenvalue weighted by molar-refractivity contribution is 7.18. The van der Waals surface area contributed by atoms with Gasteiger partial charge in [-0.2, -0.15) is 0 Å². The van der Waals surface area contributed by atoms with E-state index in [1.54, 1.807) is 42.5 Å². The van der Waals surface area contributed by atoms with Crippen LogP contribution in [0.1, 0.15) is 37.5 Å². The molecule has 0 N–H and O–H groups in total. The molecule has 5 nitrogen and oxygen atoms in total. The molecule has 0 aliphatic carbocycles. The molecular weight excluding hydrogens is 376 g/mol. The molecule has 2 heterocycles. The summed E-state index contributed by atoms with van der Waals surface area (Å²) in [5.41, 5.74) is 1.31. The predicted octanol–water partition coefficient (Wildman–Crippen LogP) is 4.90. The van der Waals surface area contributed by atoms with Crippen molar-refractivity contribution < 1.29 is 23.5 Å². The number of rotatable bonds is 6. The van der Waals surface area contributed by atoms with Crippen LogP contribution in [0.2, 0.25) is 4.34 Å². The highest BCUT2D eigenvalue weighted by Crippen LogP contribution is 2.24. The number of benzene rings is 1. The number of ether oxygens (including phenoxy) is 1. The van der Waals surface area contributed by atoms with Crippen molar-refractivity contribution in [3.63, 3.8) is 0 Å². The quantitative estimate of drug-likeness (QED) is 0.443. The van der Waals surface area contributed by atoms with Gasteiger partial charge in [0.1, 0.15) is 5.76 Å². The van der Waals surface area contributed by atoms with Gasteiger partial charge in [0.05, 0.1) is 9.21 Å². The van der Waals surface area contributed by atoms with Crippen LogP contribution in [0, 0.1) is 0 Å². The second-order valence-electron chi connectivity index (χ2n) is 5.40. The topological polar surface area (TPSA) is 73.6 Å². The summed E-state index contributed by atoms with van der Waals surface area (Å²) in [6, 6.07) is 13.1. The molecule has 1 aromatic carbocycles. The van der Waals surface area contributed by atoms with Gasteiger partial charge < -0.3 is 9.15 Å². The zero-order valence-corrected chi connectivity index (χ0v) is 15.2. The number of ketones is 2. The van der Waals surface area contributed by atoms with Gasteiger partial charge in [0.15, 0.2) is 12.4 Å². The number of carbonyl (C=O) groups excluding carboxylic acids is 3. The molecule has 2 aromatic heterocycles. The average molecular weight is 389 g/mol. The Morgan fingerprint density at radius 2 is 1.77 bits per heavy atom. The minimum atomic E-state index is -0.729. The molecule has 0 bridgehead atoms. The van der Waals surface area contributed by atoms with Crippen LogP contribution in [0.25, 0.3) is 11.3 Å². The van der Waals surface area contributed by atoms with Crippen molar-refractivity contribution in [1.82, 2.24) is 0 Å². The number of hydrogen-bond donors (Lipinski definition) is 0. The van der Waals surface area contributed by atoms with E-state index in [0.29, 0.717) is 20.5 Å². The third kappa shape index (κ3) is 4.09. The highest BCUT2D eigenvalue weighted by atomic mass is 35.5. The first-order valence-corrected chi connectivity index (χ1v) is 8.80. The Balaban J connectivity index is 1.64. The second kappa shape index (κ2) is 7.68. The van der Waals surface area contributed by atoms with Crippen molar-refractivity contribution in [2.75, 3.05) is 6.61 Å². The number of halogens is 1. The van der Waals surface area contributed by atoms with E-state index in [1.807, 2.05) is 0 Å². The molecule has 0 aliphatic heterocycles. The molecule has 3 aromatic rings. The summed E-state index contributed by atoms with van der Waals surface area (Å²) in [7, 11) is 0. The zero-order chi connectivity index (χ0) is 18.7. The van der Waals surface area contributed by atoms with Crippen molar-refractivity contribution in [2.45, 2.75) is 6.92 Å². The van der Waals surface area contributed by atoms with E-state index in [0.717, 1.165) is 16.9 Å². The lowest BCUT2D eigenvalue weighted by molar-refractivity contribution is 0.0446. The van der Waals surface area contributed by atoms with Crippen molar-refractivity contribution >= 4 is 40.5 Å². The van der Waals surface area contributed by atoms with Crippen LogP contribution in [0.4, 0.5) is 0 Å². The Morgan fingerprint density at radius 1 is 1.04 bits per heavy atom. The summed E-state index contributed by atoms with van der Waals surface area (Å²) in [6.45, 7) is 1.10. The molecule has 0 spiro atoms. The van der Waals surface area contributed by atoms with Gasteiger partial charge in [0, 0.05) is 11.1 Å². The number of thiophene rings is 1. The number of esters is 1. The fourth-order valence-electron chi connectivity index (χ4n) is 2.21. The summed E-state index contributed by atoms with van der Waals surface area (Å²) >= 11 is 6.90. The summed E-state index contributed by atoms with van der Waals surface area (Å²) < 4.78 is 11.0. The first-order chi connectivity index (χ1) is 12.4. The molecule has 7 heteroatoms. The van der Waals surface area contributed by atoms with E-state index in [1.165, 1.54) is 13.0 Å². The minimum Gasteiger partial charge on any atom is -0.451 e. The van der Waals surface area contributed by atoms with Crippen molar-refractivity contribution in [3.05, 3.63) is 69.1 Å². The molecule has 0 radical (unpaired) electrons. The van der Waals surface area contributed by atoms with Crippen LogP contribution in [-0.4, -0.2) is 24.1 Å². The standard InChI is InChI=1S/C19H13ClO5S/c1-11(21)12-2-4-13(5-3-12)15-6-7-16(25-15)19(23)24-10-14(22)17-8-9-18(20)26-17/h2-9H,10H2,1H3. The fraction of sp³-hybridized carbons (Fsp3) is 0.105. The maximum absolute atomic E-state index is 12.0. The smallest absolute Gasteiger partial charge is 0.374 e. The van der Waals surface area contributed by atoms with Gasteiger partial charge in [0.25, 0.3) is 0 Å². The Bertz CT molecular complexity index is 968. The minimum absolute atomic E-state index is 0.00680. The second-order valence-corrected chi connectivity index (χ2v) is 7.12. The van der Waals surface area contributed by atoms with Gasteiger partial charge in [-0.25, -0.2) is 4.79 Å². The van der Waals surface area contributed by atoms with E-state index < -0.39 is 5.97 Å². The molecule has 0 unspecified atom stereocenters. The first kappa shape index (κ1) is 18.1. The lowest BCUT2D eigenvalue weighted by Gasteiger charge is -2.01. The molecular formula is C19H13ClO5S. The molecule has 26 heavy (non-hydrogen) atoms. The van der Waals surface area contributed by atoms with E-state index in [-0.39, 0.29) is 23.9 Å². The first-order valence-electron chi connectivity index (χ1n) is 7.61. The maximum Gasteiger partial charge on any atom is 0.374 e. The molecule has 0 aliphatic rings. The number of Topliss-reactive ketones (excluding diaryl/α,β-unsaturated/α-hetero) is 2. The van der Waals surface area contributed by atoms with E-state index >= 15 is 0 Å². The van der Waals surface area contributed by atoms with Gasteiger partial charge in [-0.3, -0.25) is 9.59 Å². The lowest BCUT2D eigenvalue weighted by Crippen LogP contribution is -2.12. The van der Waals surface area contributed by atoms with Gasteiger partial charge in [-0.15, -0.1) is 11.3 Å². The van der Waals surface area contributed by atoms with Gasteiger partial charge in [-0.1, -0.05) is 35.9 Å². The number of furan rings is 1. The fourth-order valence-corrected chi connectivity index (χ4v) is 3.18. The molecule has 0 fully saturated rings. The highest BCUT2D eigenvalue weighted by Gasteiger charge is 2.17. The van der Waals surface area contributed by atoms with Crippen molar-refractivity contribution in [3.8, 4) is 11.3 Å². The molecule has 132 valence electrons. The molecule has 0 atom stereocenters. The molecule has 0 amide bonds. The molecule has 0 saturated heterocycles. The zero-order valence-electron chi connectivity index (χ0n) is 13.7.